The van der Waals surface area contributed by atoms with Crippen LogP contribution >= 0.6 is 0 Å². The van der Waals surface area contributed by atoms with E-state index in [0.29, 0.717) is 6.08 Å². The molecular formula is C8H7BF3KO2. The molecule has 0 atom stereocenters. The first-order valence-electron chi connectivity index (χ1n) is 3.80. The van der Waals surface area contributed by atoms with E-state index in [1.165, 1.54) is 18.2 Å². The van der Waals surface area contributed by atoms with Gasteiger partial charge in [0.25, 0.3) is 0 Å². The summed E-state index contributed by atoms with van der Waals surface area (Å²) in [6.07, 6.45) is 0.644. The smallest absolute Gasteiger partial charge is 0.507 e. The zero-order chi connectivity index (χ0) is 10.8. The fourth-order valence-electron chi connectivity index (χ4n) is 0.917. The Kier molecular flexibility index (Phi) is 5.97. The maximum Gasteiger partial charge on any atom is 1.00 e. The fourth-order valence-corrected chi connectivity index (χ4v) is 0.917. The van der Waals surface area contributed by atoms with Crippen LogP contribution in [0.15, 0.2) is 24.2 Å². The number of halogens is 3. The second kappa shape index (κ2) is 5.95. The minimum absolute atomic E-state index is 0. The molecule has 0 heterocycles. The largest absolute Gasteiger partial charge is 1.00 e. The van der Waals surface area contributed by atoms with E-state index in [4.69, 9.17) is 10.2 Å². The predicted molar refractivity (Wildman–Crippen MR) is 47.9 cm³/mol. The van der Waals surface area contributed by atoms with Crippen LogP contribution in [0.1, 0.15) is 5.56 Å². The van der Waals surface area contributed by atoms with E-state index in [1.807, 2.05) is 0 Å². The molecule has 1 aromatic carbocycles. The molecule has 0 unspecified atom stereocenters. The van der Waals surface area contributed by atoms with Crippen LogP contribution in [0.3, 0.4) is 0 Å². The van der Waals surface area contributed by atoms with Crippen molar-refractivity contribution in [3.8, 4) is 11.5 Å². The van der Waals surface area contributed by atoms with Crippen LogP contribution in [0.4, 0.5) is 12.9 Å². The van der Waals surface area contributed by atoms with Crippen molar-refractivity contribution in [2.24, 2.45) is 0 Å². The second-order valence-electron chi connectivity index (χ2n) is 2.69. The number of phenols is 2. The van der Waals surface area contributed by atoms with E-state index in [9.17, 15) is 12.9 Å². The van der Waals surface area contributed by atoms with Crippen LogP contribution in [-0.2, 0) is 0 Å². The Labute approximate surface area is 127 Å². The normalized spacial score (nSPS) is 11.4. The first kappa shape index (κ1) is 15.1. The Bertz CT molecular complexity index is 345. The molecule has 1 aromatic rings. The average Bonchev–Trinajstić information content (AvgIpc) is 2.01. The van der Waals surface area contributed by atoms with Gasteiger partial charge in [0.05, 0.1) is 5.56 Å². The van der Waals surface area contributed by atoms with Crippen LogP contribution < -0.4 is 51.4 Å². The van der Waals surface area contributed by atoms with E-state index in [-0.39, 0.29) is 74.4 Å². The van der Waals surface area contributed by atoms with E-state index >= 15 is 0 Å². The van der Waals surface area contributed by atoms with Gasteiger partial charge < -0.3 is 23.2 Å². The van der Waals surface area contributed by atoms with Crippen LogP contribution in [0.25, 0.3) is 6.08 Å². The van der Waals surface area contributed by atoms with Gasteiger partial charge in [0.1, 0.15) is 11.5 Å². The summed E-state index contributed by atoms with van der Waals surface area (Å²) >= 11 is 0. The SMILES string of the molecule is Oc1cccc(O)c1/C=C/[B-](F)(F)F.[K+]. The molecule has 0 fully saturated rings. The van der Waals surface area contributed by atoms with E-state index in [0.717, 1.165) is 0 Å². The summed E-state index contributed by atoms with van der Waals surface area (Å²) in [6, 6.07) is 3.73. The summed E-state index contributed by atoms with van der Waals surface area (Å²) in [6.45, 7) is -5.06. The number of phenolic OH excluding ortho intramolecular Hbond substituents is 2. The molecular weight excluding hydrogens is 235 g/mol. The molecule has 0 aromatic heterocycles. The van der Waals surface area contributed by atoms with Gasteiger partial charge in [-0.1, -0.05) is 12.1 Å². The van der Waals surface area contributed by atoms with E-state index in [1.54, 1.807) is 0 Å². The van der Waals surface area contributed by atoms with Gasteiger partial charge in [-0.2, -0.15) is 0 Å². The van der Waals surface area contributed by atoms with E-state index < -0.39 is 6.98 Å². The Hall–Kier alpha value is 0.0513. The zero-order valence-electron chi connectivity index (χ0n) is 7.99. The van der Waals surface area contributed by atoms with Crippen LogP contribution in [0.2, 0.25) is 0 Å². The van der Waals surface area contributed by atoms with E-state index in [2.05, 4.69) is 0 Å². The van der Waals surface area contributed by atoms with Gasteiger partial charge in [0, 0.05) is 0 Å². The minimum atomic E-state index is -5.06. The van der Waals surface area contributed by atoms with Crippen molar-refractivity contribution >= 4 is 13.1 Å². The maximum atomic E-state index is 11.8. The number of aromatic hydroxyl groups is 2. The first-order chi connectivity index (χ1) is 6.40. The summed E-state index contributed by atoms with van der Waals surface area (Å²) in [5, 5.41) is 18.2. The molecule has 0 aliphatic carbocycles. The monoisotopic (exact) mass is 242 g/mol. The number of rotatable bonds is 2. The summed E-state index contributed by atoms with van der Waals surface area (Å²) < 4.78 is 35.5. The topological polar surface area (TPSA) is 40.5 Å². The molecule has 0 radical (unpaired) electrons. The molecule has 7 heteroatoms. The fraction of sp³-hybridized carbons (Fsp3) is 0. The Balaban J connectivity index is 0.00000196. The van der Waals surface area contributed by atoms with Gasteiger partial charge in [-0.3, -0.25) is 0 Å². The quantitative estimate of drug-likeness (QED) is 0.686. The summed E-state index contributed by atoms with van der Waals surface area (Å²) in [4.78, 5) is 0. The standard InChI is InChI=1S/C8H7BF3O2.K/c10-9(11,12)5-4-6-7(13)2-1-3-8(6)14;/h1-5,13-14H;/q-1;+1/b5-4+;. The molecule has 0 saturated heterocycles. The molecule has 1 rings (SSSR count). The van der Waals surface area contributed by atoms with Crippen LogP contribution in [0, 0.1) is 0 Å². The zero-order valence-corrected chi connectivity index (χ0v) is 11.1. The molecule has 0 amide bonds. The third kappa shape index (κ3) is 5.08. The van der Waals surface area contributed by atoms with Gasteiger partial charge in [0.2, 0.25) is 0 Å². The van der Waals surface area contributed by atoms with Gasteiger partial charge in [-0.25, -0.2) is 0 Å². The number of hydrogen-bond donors (Lipinski definition) is 2. The molecule has 0 aliphatic rings. The van der Waals surface area contributed by atoms with Gasteiger partial charge in [-0.05, 0) is 12.1 Å². The maximum absolute atomic E-state index is 11.8. The molecule has 2 nitrogen and oxygen atoms in total. The number of benzene rings is 1. The molecule has 15 heavy (non-hydrogen) atoms. The van der Waals surface area contributed by atoms with Crippen molar-refractivity contribution in [3.63, 3.8) is 0 Å². The van der Waals surface area contributed by atoms with Crippen molar-refractivity contribution in [2.45, 2.75) is 0 Å². The van der Waals surface area contributed by atoms with Gasteiger partial charge in [0.15, 0.2) is 0 Å². The molecule has 0 saturated carbocycles. The predicted octanol–water partition coefficient (Wildman–Crippen LogP) is -0.498. The minimum Gasteiger partial charge on any atom is -0.507 e. The Morgan fingerprint density at radius 2 is 1.53 bits per heavy atom. The second-order valence-corrected chi connectivity index (χ2v) is 2.69. The summed E-state index contributed by atoms with van der Waals surface area (Å²) in [7, 11) is 0. The molecule has 0 spiro atoms. The average molecular weight is 242 g/mol. The third-order valence-corrected chi connectivity index (χ3v) is 1.54. The van der Waals surface area contributed by atoms with Crippen molar-refractivity contribution in [3.05, 3.63) is 29.7 Å². The van der Waals surface area contributed by atoms with Crippen molar-refractivity contribution in [1.29, 1.82) is 0 Å². The van der Waals surface area contributed by atoms with Crippen molar-refractivity contribution < 1.29 is 74.5 Å². The van der Waals surface area contributed by atoms with Crippen LogP contribution in [0.5, 0.6) is 11.5 Å². The molecule has 0 bridgehead atoms. The summed E-state index contributed by atoms with van der Waals surface area (Å²) in [5.41, 5.74) is -0.230. The molecule has 2 N–H and O–H groups in total. The number of hydrogen-bond acceptors (Lipinski definition) is 2. The molecule has 0 aliphatic heterocycles. The molecule has 76 valence electrons. The van der Waals surface area contributed by atoms with Crippen molar-refractivity contribution in [2.75, 3.05) is 0 Å². The Morgan fingerprint density at radius 1 is 1.07 bits per heavy atom. The van der Waals surface area contributed by atoms with Crippen LogP contribution in [-0.4, -0.2) is 17.2 Å². The Morgan fingerprint density at radius 3 is 1.93 bits per heavy atom. The van der Waals surface area contributed by atoms with Crippen molar-refractivity contribution in [1.82, 2.24) is 0 Å². The third-order valence-electron chi connectivity index (χ3n) is 1.54. The van der Waals surface area contributed by atoms with Gasteiger partial charge in [-0.15, -0.1) is 5.98 Å². The summed E-state index contributed by atoms with van der Waals surface area (Å²) in [5.74, 6) is -0.767. The van der Waals surface area contributed by atoms with Gasteiger partial charge >= 0.3 is 58.4 Å². The first-order valence-corrected chi connectivity index (χ1v) is 3.80.